The maximum Gasteiger partial charge on any atom is 0.235 e. The molecule has 0 saturated carbocycles. The number of aliphatic hydroxyl groups is 1. The number of pyridine rings is 1. The molecule has 1 N–H and O–H groups in total. The highest BCUT2D eigenvalue weighted by atomic mass is 19.1. The molecular weight excluding hydrogens is 437 g/mol. The van der Waals surface area contributed by atoms with E-state index in [1.165, 1.54) is 6.92 Å². The summed E-state index contributed by atoms with van der Waals surface area (Å²) in [5.74, 6) is 0.356. The van der Waals surface area contributed by atoms with E-state index in [1.54, 1.807) is 31.3 Å². The molecule has 182 valence electrons. The molecule has 0 spiro atoms. The normalized spacial score (nSPS) is 17.6. The van der Waals surface area contributed by atoms with E-state index in [-0.39, 0.29) is 18.2 Å². The van der Waals surface area contributed by atoms with Gasteiger partial charge < -0.3 is 14.6 Å². The zero-order chi connectivity index (χ0) is 24.5. The summed E-state index contributed by atoms with van der Waals surface area (Å²) in [4.78, 5) is 17.9. The van der Waals surface area contributed by atoms with E-state index in [4.69, 9.17) is 14.6 Å². The number of rotatable bonds is 8. The van der Waals surface area contributed by atoms with Gasteiger partial charge in [0.25, 0.3) is 0 Å². The van der Waals surface area contributed by atoms with Crippen LogP contribution in [-0.2, 0) is 4.74 Å². The zero-order valence-electron chi connectivity index (χ0n) is 20.1. The van der Waals surface area contributed by atoms with Crippen molar-refractivity contribution in [1.29, 1.82) is 0 Å². The van der Waals surface area contributed by atoms with Crippen molar-refractivity contribution in [1.82, 2.24) is 14.8 Å². The highest BCUT2D eigenvalue weighted by Crippen LogP contribution is 2.39. The molecule has 0 amide bonds. The van der Waals surface area contributed by atoms with Crippen LogP contribution in [0.3, 0.4) is 0 Å². The van der Waals surface area contributed by atoms with Crippen LogP contribution in [0.1, 0.15) is 63.4 Å². The Kier molecular flexibility index (Phi) is 7.00. The van der Waals surface area contributed by atoms with Crippen LogP contribution in [0.2, 0.25) is 0 Å². The van der Waals surface area contributed by atoms with Gasteiger partial charge in [0, 0.05) is 55.3 Å². The third-order valence-corrected chi connectivity index (χ3v) is 6.65. The fraction of sp³-hybridized carbons (Fsp3) is 0.500. The number of halogens is 1. The largest absolute Gasteiger partial charge is 0.461 e. The van der Waals surface area contributed by atoms with Crippen LogP contribution >= 0.6 is 0 Å². The quantitative estimate of drug-likeness (QED) is 0.461. The maximum atomic E-state index is 13.3. The van der Waals surface area contributed by atoms with E-state index in [9.17, 15) is 14.3 Å². The first-order chi connectivity index (χ1) is 16.2. The predicted molar refractivity (Wildman–Crippen MR) is 128 cm³/mol. The lowest BCUT2D eigenvalue weighted by atomic mass is 9.71. The molecule has 1 fully saturated rings. The van der Waals surface area contributed by atoms with Gasteiger partial charge in [-0.3, -0.25) is 14.5 Å². The summed E-state index contributed by atoms with van der Waals surface area (Å²) in [6.07, 6.45) is 1.09. The van der Waals surface area contributed by atoms with Gasteiger partial charge in [0.15, 0.2) is 5.78 Å². The van der Waals surface area contributed by atoms with Gasteiger partial charge in [-0.2, -0.15) is 5.10 Å². The molecule has 0 radical (unpaired) electrons. The van der Waals surface area contributed by atoms with Gasteiger partial charge in [0.1, 0.15) is 17.0 Å². The van der Waals surface area contributed by atoms with E-state index in [0.29, 0.717) is 48.6 Å². The molecule has 7 nitrogen and oxygen atoms in total. The van der Waals surface area contributed by atoms with Crippen molar-refractivity contribution < 1.29 is 23.8 Å². The lowest BCUT2D eigenvalue weighted by Crippen LogP contribution is -2.40. The average Bonchev–Trinajstić information content (AvgIpc) is 3.18. The molecule has 2 aromatic heterocycles. The molecular formula is C26H32FN3O4. The summed E-state index contributed by atoms with van der Waals surface area (Å²) >= 11 is 0. The number of hydrogen-bond acceptors (Lipinski definition) is 6. The molecule has 1 unspecified atom stereocenters. The number of nitrogens with zero attached hydrogens (tertiary/aromatic N) is 3. The van der Waals surface area contributed by atoms with E-state index >= 15 is 0 Å². The molecule has 1 saturated heterocycles. The second-order valence-corrected chi connectivity index (χ2v) is 9.42. The number of benzene rings is 1. The Labute approximate surface area is 198 Å². The van der Waals surface area contributed by atoms with E-state index in [2.05, 4.69) is 4.98 Å². The first kappa shape index (κ1) is 24.3. The Bertz CT molecular complexity index is 1170. The monoisotopic (exact) mass is 469 g/mol. The minimum atomic E-state index is -1.42. The SMILES string of the molecule is CC(F)Oc1cccc(-c2nn(C(C)C)c3cc(C(=O)CC4([C@H](C)O)CCOCC4)cnc23)c1. The van der Waals surface area contributed by atoms with Crippen molar-refractivity contribution in [2.75, 3.05) is 13.2 Å². The van der Waals surface area contributed by atoms with E-state index in [1.807, 2.05) is 30.7 Å². The maximum absolute atomic E-state index is 13.3. The van der Waals surface area contributed by atoms with Gasteiger partial charge in [-0.25, -0.2) is 4.39 Å². The smallest absolute Gasteiger partial charge is 0.235 e. The first-order valence-corrected chi connectivity index (χ1v) is 11.8. The summed E-state index contributed by atoms with van der Waals surface area (Å²) < 4.78 is 25.8. The number of ether oxygens (including phenoxy) is 2. The molecule has 0 aliphatic carbocycles. The fourth-order valence-corrected chi connectivity index (χ4v) is 4.61. The second-order valence-electron chi connectivity index (χ2n) is 9.42. The van der Waals surface area contributed by atoms with Crippen LogP contribution in [0, 0.1) is 5.41 Å². The van der Waals surface area contributed by atoms with Crippen molar-refractivity contribution in [2.24, 2.45) is 5.41 Å². The van der Waals surface area contributed by atoms with Crippen LogP contribution in [0.5, 0.6) is 5.75 Å². The van der Waals surface area contributed by atoms with Crippen LogP contribution in [0.25, 0.3) is 22.3 Å². The van der Waals surface area contributed by atoms with Crippen molar-refractivity contribution in [3.8, 4) is 17.0 Å². The van der Waals surface area contributed by atoms with Gasteiger partial charge in [-0.05, 0) is 51.8 Å². The summed E-state index contributed by atoms with van der Waals surface area (Å²) in [6.45, 7) is 8.20. The number of ketones is 1. The lowest BCUT2D eigenvalue weighted by Gasteiger charge is -2.39. The molecule has 3 aromatic rings. The topological polar surface area (TPSA) is 86.5 Å². The summed E-state index contributed by atoms with van der Waals surface area (Å²) in [5.41, 5.74) is 2.82. The number of fused-ring (bicyclic) bond motifs is 1. The number of hydrogen-bond donors (Lipinski definition) is 1. The first-order valence-electron chi connectivity index (χ1n) is 11.8. The average molecular weight is 470 g/mol. The fourth-order valence-electron chi connectivity index (χ4n) is 4.61. The Morgan fingerprint density at radius 3 is 2.62 bits per heavy atom. The molecule has 1 aliphatic rings. The number of alkyl halides is 1. The van der Waals surface area contributed by atoms with Crippen LogP contribution in [0.15, 0.2) is 36.5 Å². The van der Waals surface area contributed by atoms with Crippen molar-refractivity contribution in [3.63, 3.8) is 0 Å². The third-order valence-electron chi connectivity index (χ3n) is 6.65. The van der Waals surface area contributed by atoms with Crippen LogP contribution < -0.4 is 4.74 Å². The molecule has 8 heteroatoms. The Morgan fingerprint density at radius 2 is 1.97 bits per heavy atom. The minimum Gasteiger partial charge on any atom is -0.461 e. The Hall–Kier alpha value is -2.84. The van der Waals surface area contributed by atoms with Gasteiger partial charge >= 0.3 is 0 Å². The number of carbonyl (C=O) groups excluding carboxylic acids is 1. The second kappa shape index (κ2) is 9.80. The highest BCUT2D eigenvalue weighted by molar-refractivity contribution is 6.00. The van der Waals surface area contributed by atoms with E-state index < -0.39 is 17.9 Å². The third kappa shape index (κ3) is 4.83. The van der Waals surface area contributed by atoms with Crippen LogP contribution in [-0.4, -0.2) is 51.3 Å². The molecule has 1 aliphatic heterocycles. The minimum absolute atomic E-state index is 0.0352. The number of carbonyl (C=O) groups is 1. The van der Waals surface area contributed by atoms with Gasteiger partial charge in [-0.15, -0.1) is 0 Å². The molecule has 3 heterocycles. The van der Waals surface area contributed by atoms with Crippen molar-refractivity contribution in [3.05, 3.63) is 42.1 Å². The van der Waals surface area contributed by atoms with Crippen LogP contribution in [0.4, 0.5) is 4.39 Å². The standard InChI is InChI=1S/C26H32FN3O4/c1-16(2)30-22-13-20(23(32)14-26(17(3)31)8-10-33-11-9-26)15-28-25(22)24(29-30)19-6-5-7-21(12-19)34-18(4)27/h5-7,12-13,15-18,31H,8-11,14H2,1-4H3/t17-,18?/m0/s1. The summed E-state index contributed by atoms with van der Waals surface area (Å²) in [7, 11) is 0. The molecule has 2 atom stereocenters. The number of aliphatic hydroxyl groups excluding tert-OH is 1. The van der Waals surface area contributed by atoms with Crippen molar-refractivity contribution >= 4 is 16.8 Å². The summed E-state index contributed by atoms with van der Waals surface area (Å²) in [5, 5.41) is 15.2. The van der Waals surface area contributed by atoms with Gasteiger partial charge in [0.2, 0.25) is 6.36 Å². The predicted octanol–water partition coefficient (Wildman–Crippen LogP) is 5.12. The lowest BCUT2D eigenvalue weighted by molar-refractivity contribution is -0.0542. The van der Waals surface area contributed by atoms with Gasteiger partial charge in [-0.1, -0.05) is 12.1 Å². The molecule has 4 rings (SSSR count). The van der Waals surface area contributed by atoms with Gasteiger partial charge in [0.05, 0.1) is 11.6 Å². The molecule has 34 heavy (non-hydrogen) atoms. The Morgan fingerprint density at radius 1 is 1.24 bits per heavy atom. The Balaban J connectivity index is 1.71. The zero-order valence-corrected chi connectivity index (χ0v) is 20.1. The van der Waals surface area contributed by atoms with E-state index in [0.717, 1.165) is 11.1 Å². The van der Waals surface area contributed by atoms with Crippen molar-refractivity contribution in [2.45, 2.75) is 65.5 Å². The molecule has 1 aromatic carbocycles. The molecule has 0 bridgehead atoms. The number of aromatic nitrogens is 3. The highest BCUT2D eigenvalue weighted by Gasteiger charge is 2.39. The summed E-state index contributed by atoms with van der Waals surface area (Å²) in [6, 6.07) is 8.96. The number of Topliss-reactive ketones (excluding diaryl/α,β-unsaturated/α-hetero) is 1.